The summed E-state index contributed by atoms with van der Waals surface area (Å²) >= 11 is 1.35. The fourth-order valence-corrected chi connectivity index (χ4v) is 1.51. The van der Waals surface area contributed by atoms with Gasteiger partial charge in [-0.15, -0.1) is 0 Å². The molecule has 0 aromatic carbocycles. The highest BCUT2D eigenvalue weighted by molar-refractivity contribution is 7.09. The van der Waals surface area contributed by atoms with Crippen LogP contribution in [0.5, 0.6) is 0 Å². The third kappa shape index (κ3) is 1.56. The van der Waals surface area contributed by atoms with Gasteiger partial charge in [0.15, 0.2) is 0 Å². The molecule has 1 aromatic rings. The van der Waals surface area contributed by atoms with Gasteiger partial charge in [-0.1, -0.05) is 0 Å². The van der Waals surface area contributed by atoms with Crippen LogP contribution in [0, 0.1) is 5.41 Å². The van der Waals surface area contributed by atoms with Crippen LogP contribution in [0.2, 0.25) is 0 Å². The number of nitrogens with one attached hydrogen (secondary N) is 1. The average Bonchev–Trinajstić information content (AvgIpc) is 2.70. The number of rotatable bonds is 4. The normalized spacial score (nSPS) is 19.1. The summed E-state index contributed by atoms with van der Waals surface area (Å²) in [6, 6.07) is 0. The molecule has 12 heavy (non-hydrogen) atoms. The van der Waals surface area contributed by atoms with E-state index >= 15 is 0 Å². The van der Waals surface area contributed by atoms with Crippen molar-refractivity contribution in [1.82, 2.24) is 9.36 Å². The highest BCUT2D eigenvalue weighted by atomic mass is 32.1. The molecular weight excluding hydrogens is 174 g/mol. The topological polar surface area (TPSA) is 58.0 Å². The van der Waals surface area contributed by atoms with Crippen molar-refractivity contribution in [1.29, 1.82) is 0 Å². The van der Waals surface area contributed by atoms with E-state index in [9.17, 15) is 0 Å². The lowest BCUT2D eigenvalue weighted by atomic mass is 10.1. The van der Waals surface area contributed by atoms with E-state index in [0.717, 1.165) is 24.5 Å². The molecule has 0 unspecified atom stereocenters. The monoisotopic (exact) mass is 185 g/mol. The lowest BCUT2D eigenvalue weighted by Gasteiger charge is -2.10. The van der Waals surface area contributed by atoms with Gasteiger partial charge in [0.1, 0.15) is 6.33 Å². The molecule has 0 spiro atoms. The number of aliphatic hydroxyl groups is 1. The molecule has 0 radical (unpaired) electrons. The fraction of sp³-hybridized carbons (Fsp3) is 0.714. The van der Waals surface area contributed by atoms with Crippen LogP contribution in [0.25, 0.3) is 0 Å². The highest BCUT2D eigenvalue weighted by Crippen LogP contribution is 2.44. The zero-order chi connectivity index (χ0) is 8.44. The summed E-state index contributed by atoms with van der Waals surface area (Å²) in [5.74, 6) is 0. The Morgan fingerprint density at radius 2 is 2.50 bits per heavy atom. The van der Waals surface area contributed by atoms with E-state index in [4.69, 9.17) is 5.11 Å². The summed E-state index contributed by atoms with van der Waals surface area (Å²) in [6.45, 7) is 1.09. The van der Waals surface area contributed by atoms with Gasteiger partial charge in [0.2, 0.25) is 5.13 Å². The number of hydrogen-bond acceptors (Lipinski definition) is 5. The number of aromatic nitrogens is 2. The van der Waals surface area contributed by atoms with Gasteiger partial charge in [-0.2, -0.15) is 4.37 Å². The first-order valence-corrected chi connectivity index (χ1v) is 4.73. The van der Waals surface area contributed by atoms with Gasteiger partial charge < -0.3 is 10.4 Å². The van der Waals surface area contributed by atoms with Crippen LogP contribution in [0.3, 0.4) is 0 Å². The smallest absolute Gasteiger partial charge is 0.202 e. The first kappa shape index (κ1) is 7.94. The predicted molar refractivity (Wildman–Crippen MR) is 47.2 cm³/mol. The summed E-state index contributed by atoms with van der Waals surface area (Å²) in [5.41, 5.74) is 0.145. The third-order valence-electron chi connectivity index (χ3n) is 2.27. The van der Waals surface area contributed by atoms with Gasteiger partial charge in [-0.25, -0.2) is 4.98 Å². The molecule has 1 aliphatic rings. The Morgan fingerprint density at radius 3 is 3.00 bits per heavy atom. The van der Waals surface area contributed by atoms with E-state index in [2.05, 4.69) is 14.7 Å². The van der Waals surface area contributed by atoms with Gasteiger partial charge in [-0.05, 0) is 12.8 Å². The van der Waals surface area contributed by atoms with Crippen molar-refractivity contribution in [2.45, 2.75) is 12.8 Å². The Kier molecular flexibility index (Phi) is 1.98. The molecule has 0 amide bonds. The van der Waals surface area contributed by atoms with Gasteiger partial charge in [0, 0.05) is 23.5 Å². The molecule has 0 aliphatic heterocycles. The summed E-state index contributed by atoms with van der Waals surface area (Å²) < 4.78 is 3.87. The summed E-state index contributed by atoms with van der Waals surface area (Å²) in [5, 5.41) is 13.0. The third-order valence-corrected chi connectivity index (χ3v) is 2.89. The van der Waals surface area contributed by atoms with Crippen LogP contribution in [0.1, 0.15) is 12.8 Å². The Bertz CT molecular complexity index is 245. The first-order valence-electron chi connectivity index (χ1n) is 3.96. The van der Waals surface area contributed by atoms with Crippen LogP contribution >= 0.6 is 11.5 Å². The second-order valence-electron chi connectivity index (χ2n) is 3.26. The maximum Gasteiger partial charge on any atom is 0.202 e. The maximum absolute atomic E-state index is 9.01. The van der Waals surface area contributed by atoms with Crippen LogP contribution < -0.4 is 5.32 Å². The van der Waals surface area contributed by atoms with Crippen LogP contribution in [-0.4, -0.2) is 27.6 Å². The van der Waals surface area contributed by atoms with Crippen molar-refractivity contribution in [3.8, 4) is 0 Å². The van der Waals surface area contributed by atoms with Gasteiger partial charge >= 0.3 is 0 Å². The maximum atomic E-state index is 9.01. The SMILES string of the molecule is OCC1(CNc2ncns2)CC1. The molecule has 0 saturated heterocycles. The number of hydrogen-bond donors (Lipinski definition) is 2. The predicted octanol–water partition coefficient (Wildman–Crippen LogP) is 0.722. The zero-order valence-corrected chi connectivity index (χ0v) is 7.47. The van der Waals surface area contributed by atoms with Gasteiger partial charge in [0.25, 0.3) is 0 Å². The number of aliphatic hydroxyl groups excluding tert-OH is 1. The Labute approximate surface area is 74.8 Å². The van der Waals surface area contributed by atoms with Crippen molar-refractivity contribution in [3.63, 3.8) is 0 Å². The number of nitrogens with zero attached hydrogens (tertiary/aromatic N) is 2. The molecule has 1 heterocycles. The van der Waals surface area contributed by atoms with Gasteiger partial charge in [0.05, 0.1) is 6.61 Å². The molecule has 0 atom stereocenters. The van der Waals surface area contributed by atoms with Crippen molar-refractivity contribution in [2.75, 3.05) is 18.5 Å². The molecule has 0 bridgehead atoms. The molecule has 1 aromatic heterocycles. The first-order chi connectivity index (χ1) is 5.85. The quantitative estimate of drug-likeness (QED) is 0.725. The lowest BCUT2D eigenvalue weighted by Crippen LogP contribution is -2.18. The Hall–Kier alpha value is -0.680. The Balaban J connectivity index is 1.83. The molecular formula is C7H11N3OS. The molecule has 5 heteroatoms. The number of anilines is 1. The second-order valence-corrected chi connectivity index (χ2v) is 4.04. The summed E-state index contributed by atoms with van der Waals surface area (Å²) in [4.78, 5) is 4.00. The van der Waals surface area contributed by atoms with Crippen LogP contribution in [0.4, 0.5) is 5.13 Å². The molecule has 2 rings (SSSR count). The van der Waals surface area contributed by atoms with Gasteiger partial charge in [-0.3, -0.25) is 0 Å². The van der Waals surface area contributed by atoms with E-state index in [-0.39, 0.29) is 12.0 Å². The standard InChI is InChI=1S/C7H11N3OS/c11-4-7(1-2-7)3-8-6-9-5-10-12-6/h5,11H,1-4H2,(H,8,9,10). The molecule has 4 nitrogen and oxygen atoms in total. The van der Waals surface area contributed by atoms with Crippen LogP contribution in [-0.2, 0) is 0 Å². The Morgan fingerprint density at radius 1 is 1.67 bits per heavy atom. The fourth-order valence-electron chi connectivity index (χ4n) is 1.08. The summed E-state index contributed by atoms with van der Waals surface area (Å²) in [6.07, 6.45) is 3.77. The van der Waals surface area contributed by atoms with Crippen molar-refractivity contribution in [2.24, 2.45) is 5.41 Å². The summed E-state index contributed by atoms with van der Waals surface area (Å²) in [7, 11) is 0. The minimum absolute atomic E-state index is 0.145. The lowest BCUT2D eigenvalue weighted by molar-refractivity contribution is 0.220. The van der Waals surface area contributed by atoms with Crippen molar-refractivity contribution in [3.05, 3.63) is 6.33 Å². The van der Waals surface area contributed by atoms with E-state index in [1.54, 1.807) is 0 Å². The largest absolute Gasteiger partial charge is 0.396 e. The zero-order valence-electron chi connectivity index (χ0n) is 6.66. The van der Waals surface area contributed by atoms with Crippen molar-refractivity contribution < 1.29 is 5.11 Å². The molecule has 1 saturated carbocycles. The molecule has 1 aliphatic carbocycles. The van der Waals surface area contributed by atoms with Crippen LogP contribution in [0.15, 0.2) is 6.33 Å². The molecule has 1 fully saturated rings. The van der Waals surface area contributed by atoms with E-state index in [1.807, 2.05) is 0 Å². The van der Waals surface area contributed by atoms with E-state index < -0.39 is 0 Å². The average molecular weight is 185 g/mol. The molecule has 66 valence electrons. The second kappa shape index (κ2) is 2.99. The minimum Gasteiger partial charge on any atom is -0.396 e. The minimum atomic E-state index is 0.145. The van der Waals surface area contributed by atoms with E-state index in [0.29, 0.717) is 0 Å². The highest BCUT2D eigenvalue weighted by Gasteiger charge is 2.41. The van der Waals surface area contributed by atoms with Crippen molar-refractivity contribution >= 4 is 16.7 Å². The molecule has 2 N–H and O–H groups in total. The van der Waals surface area contributed by atoms with E-state index in [1.165, 1.54) is 17.9 Å².